The molecule has 8 heavy (non-hydrogen) atoms. The Morgan fingerprint density at radius 3 is 2.00 bits per heavy atom. The second-order valence-electron chi connectivity index (χ2n) is 2.31. The lowest BCUT2D eigenvalue weighted by Gasteiger charge is -2.16. The van der Waals surface area contributed by atoms with Crippen LogP contribution in [0.1, 0.15) is 20.8 Å². The molecule has 0 aliphatic rings. The van der Waals surface area contributed by atoms with Gasteiger partial charge in [-0.3, -0.25) is 0 Å². The molecular formula is C7H14O. The van der Waals surface area contributed by atoms with Gasteiger partial charge in [0.15, 0.2) is 0 Å². The zero-order valence-corrected chi connectivity index (χ0v) is 6.06. The molecule has 0 unspecified atom stereocenters. The lowest BCUT2D eigenvalue weighted by molar-refractivity contribution is 0.0655. The largest absolute Gasteiger partial charge is 0.375 e. The number of hydrogen-bond acceptors (Lipinski definition) is 1. The van der Waals surface area contributed by atoms with E-state index >= 15 is 0 Å². The van der Waals surface area contributed by atoms with E-state index in [-0.39, 0.29) is 5.60 Å². The van der Waals surface area contributed by atoms with Crippen LogP contribution in [0, 0.1) is 0 Å². The summed E-state index contributed by atoms with van der Waals surface area (Å²) in [4.78, 5) is 0. The van der Waals surface area contributed by atoms with Crippen molar-refractivity contribution in [3.8, 4) is 0 Å². The molecule has 0 rings (SSSR count). The predicted octanol–water partition coefficient (Wildman–Crippen LogP) is 1.99. The molecule has 0 fully saturated rings. The Balaban J connectivity index is 3.71. The molecule has 0 aromatic heterocycles. The fourth-order valence-corrected chi connectivity index (χ4v) is 0.469. The van der Waals surface area contributed by atoms with E-state index < -0.39 is 0 Å². The molecule has 0 aromatic carbocycles. The second kappa shape index (κ2) is 2.88. The van der Waals surface area contributed by atoms with Gasteiger partial charge in [0.25, 0.3) is 0 Å². The molecule has 1 nitrogen and oxygen atoms in total. The van der Waals surface area contributed by atoms with Crippen molar-refractivity contribution < 1.29 is 4.74 Å². The summed E-state index contributed by atoms with van der Waals surface area (Å²) in [6, 6.07) is 0. The summed E-state index contributed by atoms with van der Waals surface area (Å²) in [6.07, 6.45) is 4.01. The molecule has 0 aromatic rings. The minimum atomic E-state index is -0.0885. The van der Waals surface area contributed by atoms with Crippen LogP contribution in [0.2, 0.25) is 0 Å². The first-order valence-corrected chi connectivity index (χ1v) is 2.81. The zero-order valence-electron chi connectivity index (χ0n) is 6.06. The van der Waals surface area contributed by atoms with E-state index in [0.717, 1.165) is 0 Å². The summed E-state index contributed by atoms with van der Waals surface area (Å²) in [5.41, 5.74) is -0.0885. The molecule has 0 bridgehead atoms. The van der Waals surface area contributed by atoms with Gasteiger partial charge in [0, 0.05) is 7.11 Å². The van der Waals surface area contributed by atoms with Crippen molar-refractivity contribution in [2.45, 2.75) is 26.4 Å². The van der Waals surface area contributed by atoms with Gasteiger partial charge in [-0.15, -0.1) is 0 Å². The van der Waals surface area contributed by atoms with Gasteiger partial charge in [-0.1, -0.05) is 12.2 Å². The first-order valence-electron chi connectivity index (χ1n) is 2.81. The monoisotopic (exact) mass is 114 g/mol. The van der Waals surface area contributed by atoms with Crippen molar-refractivity contribution in [2.75, 3.05) is 7.11 Å². The van der Waals surface area contributed by atoms with Crippen LogP contribution in [-0.4, -0.2) is 12.7 Å². The highest BCUT2D eigenvalue weighted by atomic mass is 16.5. The van der Waals surface area contributed by atoms with Crippen molar-refractivity contribution >= 4 is 0 Å². The van der Waals surface area contributed by atoms with Gasteiger partial charge in [0.1, 0.15) is 0 Å². The van der Waals surface area contributed by atoms with Crippen LogP contribution in [0.15, 0.2) is 12.2 Å². The van der Waals surface area contributed by atoms with Crippen LogP contribution < -0.4 is 0 Å². The quantitative estimate of drug-likeness (QED) is 0.499. The SMILES string of the molecule is CC=CC(C)(C)OC. The maximum atomic E-state index is 5.09. The molecule has 0 aliphatic heterocycles. The number of allylic oxidation sites excluding steroid dienone is 1. The first-order chi connectivity index (χ1) is 3.62. The summed E-state index contributed by atoms with van der Waals surface area (Å²) < 4.78 is 5.09. The second-order valence-corrected chi connectivity index (χ2v) is 2.31. The number of methoxy groups -OCH3 is 1. The van der Waals surface area contributed by atoms with Crippen LogP contribution in [-0.2, 0) is 4.74 Å². The zero-order chi connectivity index (χ0) is 6.62. The minimum Gasteiger partial charge on any atom is -0.375 e. The lowest BCUT2D eigenvalue weighted by Crippen LogP contribution is -2.17. The summed E-state index contributed by atoms with van der Waals surface area (Å²) in [5.74, 6) is 0. The van der Waals surface area contributed by atoms with E-state index in [1.165, 1.54) is 0 Å². The molecule has 0 saturated carbocycles. The Kier molecular flexibility index (Phi) is 2.77. The highest BCUT2D eigenvalue weighted by molar-refractivity contribution is 4.94. The third kappa shape index (κ3) is 2.80. The molecule has 0 atom stereocenters. The van der Waals surface area contributed by atoms with Crippen molar-refractivity contribution in [2.24, 2.45) is 0 Å². The molecular weight excluding hydrogens is 100 g/mol. The lowest BCUT2D eigenvalue weighted by atomic mass is 10.1. The maximum Gasteiger partial charge on any atom is 0.0802 e. The van der Waals surface area contributed by atoms with E-state index in [9.17, 15) is 0 Å². The van der Waals surface area contributed by atoms with Gasteiger partial charge in [-0.25, -0.2) is 0 Å². The van der Waals surface area contributed by atoms with Gasteiger partial charge in [0.05, 0.1) is 5.60 Å². The van der Waals surface area contributed by atoms with E-state index in [0.29, 0.717) is 0 Å². The van der Waals surface area contributed by atoms with Crippen LogP contribution in [0.3, 0.4) is 0 Å². The average molecular weight is 114 g/mol. The van der Waals surface area contributed by atoms with Crippen LogP contribution in [0.5, 0.6) is 0 Å². The van der Waals surface area contributed by atoms with Gasteiger partial charge in [0.2, 0.25) is 0 Å². The van der Waals surface area contributed by atoms with Crippen LogP contribution in [0.25, 0.3) is 0 Å². The highest BCUT2D eigenvalue weighted by Crippen LogP contribution is 2.07. The molecule has 1 heteroatoms. The fraction of sp³-hybridized carbons (Fsp3) is 0.714. The molecule has 0 N–H and O–H groups in total. The van der Waals surface area contributed by atoms with Crippen molar-refractivity contribution in [3.05, 3.63) is 12.2 Å². The number of rotatable bonds is 2. The smallest absolute Gasteiger partial charge is 0.0802 e. The van der Waals surface area contributed by atoms with E-state index in [1.807, 2.05) is 32.9 Å². The Bertz CT molecular complexity index is 82.4. The Labute approximate surface area is 51.4 Å². The number of ether oxygens (including phenoxy) is 1. The molecule has 0 radical (unpaired) electrons. The average Bonchev–Trinajstić information content (AvgIpc) is 1.67. The Hall–Kier alpha value is -0.300. The predicted molar refractivity (Wildman–Crippen MR) is 35.9 cm³/mol. The van der Waals surface area contributed by atoms with Crippen LogP contribution >= 0.6 is 0 Å². The van der Waals surface area contributed by atoms with E-state index in [4.69, 9.17) is 4.74 Å². The van der Waals surface area contributed by atoms with Gasteiger partial charge in [-0.2, -0.15) is 0 Å². The molecule has 0 saturated heterocycles. The van der Waals surface area contributed by atoms with Crippen molar-refractivity contribution in [1.82, 2.24) is 0 Å². The van der Waals surface area contributed by atoms with Crippen molar-refractivity contribution in [1.29, 1.82) is 0 Å². The minimum absolute atomic E-state index is 0.0885. The molecule has 0 spiro atoms. The normalized spacial score (nSPS) is 13.0. The van der Waals surface area contributed by atoms with Crippen LogP contribution in [0.4, 0.5) is 0 Å². The summed E-state index contributed by atoms with van der Waals surface area (Å²) in [6.45, 7) is 6.03. The summed E-state index contributed by atoms with van der Waals surface area (Å²) in [5, 5.41) is 0. The van der Waals surface area contributed by atoms with Crippen molar-refractivity contribution in [3.63, 3.8) is 0 Å². The fourth-order valence-electron chi connectivity index (χ4n) is 0.469. The third-order valence-electron chi connectivity index (χ3n) is 1.09. The maximum absolute atomic E-state index is 5.09. The van der Waals surface area contributed by atoms with Gasteiger partial charge < -0.3 is 4.74 Å². The molecule has 0 amide bonds. The van der Waals surface area contributed by atoms with Gasteiger partial charge in [-0.05, 0) is 20.8 Å². The van der Waals surface area contributed by atoms with E-state index in [2.05, 4.69) is 0 Å². The molecule has 0 heterocycles. The third-order valence-corrected chi connectivity index (χ3v) is 1.09. The van der Waals surface area contributed by atoms with E-state index in [1.54, 1.807) is 7.11 Å². The number of hydrogen-bond donors (Lipinski definition) is 0. The Morgan fingerprint density at radius 2 is 1.88 bits per heavy atom. The molecule has 0 aliphatic carbocycles. The highest BCUT2D eigenvalue weighted by Gasteiger charge is 2.08. The van der Waals surface area contributed by atoms with Gasteiger partial charge >= 0.3 is 0 Å². The topological polar surface area (TPSA) is 9.23 Å². The summed E-state index contributed by atoms with van der Waals surface area (Å²) in [7, 11) is 1.71. The Morgan fingerprint density at radius 1 is 1.38 bits per heavy atom. The summed E-state index contributed by atoms with van der Waals surface area (Å²) >= 11 is 0. The standard InChI is InChI=1S/C7H14O/c1-5-6-7(2,3)8-4/h5-6H,1-4H3. The molecule has 48 valence electrons. The first kappa shape index (κ1) is 7.70.